The third kappa shape index (κ3) is 3.84. The SMILES string of the molecule is COC(=O)Cc1c(CCl)cc(C)cc1OC(F)F. The lowest BCUT2D eigenvalue weighted by atomic mass is 10.0. The average Bonchev–Trinajstić information content (AvgIpc) is 2.30. The zero-order valence-corrected chi connectivity index (χ0v) is 10.8. The van der Waals surface area contributed by atoms with E-state index in [1.165, 1.54) is 13.2 Å². The molecule has 0 saturated carbocycles. The Morgan fingerprint density at radius 1 is 1.44 bits per heavy atom. The number of carbonyl (C=O) groups is 1. The standard InChI is InChI=1S/C12H13ClF2O3/c1-7-3-8(6-13)9(5-11(16)17-2)10(4-7)18-12(14)15/h3-4,12H,5-6H2,1-2H3. The fraction of sp³-hybridized carbons (Fsp3) is 0.417. The molecule has 0 radical (unpaired) electrons. The molecule has 0 spiro atoms. The van der Waals surface area contributed by atoms with Crippen molar-refractivity contribution >= 4 is 17.6 Å². The number of esters is 1. The highest BCUT2D eigenvalue weighted by Crippen LogP contribution is 2.28. The topological polar surface area (TPSA) is 35.5 Å². The van der Waals surface area contributed by atoms with Crippen molar-refractivity contribution < 1.29 is 23.0 Å². The predicted molar refractivity (Wildman–Crippen MR) is 63.1 cm³/mol. The van der Waals surface area contributed by atoms with Gasteiger partial charge in [-0.2, -0.15) is 8.78 Å². The number of benzene rings is 1. The number of halogens is 3. The first-order valence-corrected chi connectivity index (χ1v) is 5.71. The molecule has 0 amide bonds. The molecule has 1 aromatic carbocycles. The van der Waals surface area contributed by atoms with Gasteiger partial charge in [-0.15, -0.1) is 11.6 Å². The Morgan fingerprint density at radius 2 is 2.11 bits per heavy atom. The first-order valence-electron chi connectivity index (χ1n) is 5.18. The minimum absolute atomic E-state index is 0.0361. The van der Waals surface area contributed by atoms with Crippen LogP contribution in [0.4, 0.5) is 8.78 Å². The Bertz CT molecular complexity index is 436. The summed E-state index contributed by atoms with van der Waals surface area (Å²) >= 11 is 5.74. The Hall–Kier alpha value is -1.36. The zero-order valence-electron chi connectivity index (χ0n) is 10.0. The van der Waals surface area contributed by atoms with E-state index < -0.39 is 12.6 Å². The fourth-order valence-corrected chi connectivity index (χ4v) is 1.83. The Kier molecular flexibility index (Phi) is 5.34. The van der Waals surface area contributed by atoms with Gasteiger partial charge in [-0.1, -0.05) is 6.07 Å². The van der Waals surface area contributed by atoms with Crippen LogP contribution in [0.25, 0.3) is 0 Å². The molecule has 0 fully saturated rings. The number of alkyl halides is 3. The van der Waals surface area contributed by atoms with Crippen molar-refractivity contribution in [1.82, 2.24) is 0 Å². The number of hydrogen-bond donors (Lipinski definition) is 0. The molecule has 6 heteroatoms. The van der Waals surface area contributed by atoms with Crippen LogP contribution in [0.15, 0.2) is 12.1 Å². The highest BCUT2D eigenvalue weighted by atomic mass is 35.5. The van der Waals surface area contributed by atoms with E-state index in [2.05, 4.69) is 9.47 Å². The van der Waals surface area contributed by atoms with Gasteiger partial charge in [0.1, 0.15) is 5.75 Å². The monoisotopic (exact) mass is 278 g/mol. The molecule has 0 unspecified atom stereocenters. The molecule has 3 nitrogen and oxygen atoms in total. The fourth-order valence-electron chi connectivity index (χ4n) is 1.59. The van der Waals surface area contributed by atoms with E-state index in [0.717, 1.165) is 5.56 Å². The van der Waals surface area contributed by atoms with Crippen LogP contribution in [0.2, 0.25) is 0 Å². The third-order valence-electron chi connectivity index (χ3n) is 2.35. The van der Waals surface area contributed by atoms with Crippen LogP contribution in [-0.2, 0) is 21.8 Å². The summed E-state index contributed by atoms with van der Waals surface area (Å²) in [6.07, 6.45) is -0.152. The third-order valence-corrected chi connectivity index (χ3v) is 2.64. The Labute approximate surface area is 109 Å². The maximum absolute atomic E-state index is 12.3. The quantitative estimate of drug-likeness (QED) is 0.613. The highest BCUT2D eigenvalue weighted by Gasteiger charge is 2.17. The molecule has 0 aliphatic heterocycles. The van der Waals surface area contributed by atoms with Crippen LogP contribution >= 0.6 is 11.6 Å². The largest absolute Gasteiger partial charge is 0.469 e. The second-order valence-electron chi connectivity index (χ2n) is 3.67. The van der Waals surface area contributed by atoms with Gasteiger partial charge in [0.05, 0.1) is 13.5 Å². The maximum Gasteiger partial charge on any atom is 0.387 e. The summed E-state index contributed by atoms with van der Waals surface area (Å²) in [4.78, 5) is 11.3. The first-order chi connectivity index (χ1) is 8.47. The minimum atomic E-state index is -2.95. The summed E-state index contributed by atoms with van der Waals surface area (Å²) in [5.74, 6) is -0.469. The van der Waals surface area contributed by atoms with Crippen molar-refractivity contribution in [2.45, 2.75) is 25.8 Å². The molecule has 0 heterocycles. The number of aryl methyl sites for hydroxylation is 1. The van der Waals surface area contributed by atoms with Gasteiger partial charge in [-0.25, -0.2) is 0 Å². The van der Waals surface area contributed by atoms with Gasteiger partial charge in [0.2, 0.25) is 0 Å². The Morgan fingerprint density at radius 3 is 2.61 bits per heavy atom. The van der Waals surface area contributed by atoms with E-state index in [0.29, 0.717) is 11.1 Å². The van der Waals surface area contributed by atoms with E-state index in [-0.39, 0.29) is 18.1 Å². The molecule has 0 bridgehead atoms. The molecule has 0 aromatic heterocycles. The molecule has 18 heavy (non-hydrogen) atoms. The van der Waals surface area contributed by atoms with Crippen molar-refractivity contribution in [1.29, 1.82) is 0 Å². The zero-order chi connectivity index (χ0) is 13.7. The molecule has 0 saturated heterocycles. The lowest BCUT2D eigenvalue weighted by molar-refractivity contribution is -0.139. The molecule has 1 aromatic rings. The number of carbonyl (C=O) groups excluding carboxylic acids is 1. The lowest BCUT2D eigenvalue weighted by Crippen LogP contribution is -2.11. The van der Waals surface area contributed by atoms with Crippen LogP contribution < -0.4 is 4.74 Å². The molecule has 0 aliphatic rings. The first kappa shape index (κ1) is 14.7. The molecule has 1 rings (SSSR count). The van der Waals surface area contributed by atoms with E-state index in [1.807, 2.05) is 0 Å². The summed E-state index contributed by atoms with van der Waals surface area (Å²) in [6.45, 7) is -1.22. The van der Waals surface area contributed by atoms with Crippen molar-refractivity contribution in [3.8, 4) is 5.75 Å². The highest BCUT2D eigenvalue weighted by molar-refractivity contribution is 6.17. The smallest absolute Gasteiger partial charge is 0.387 e. The molecule has 0 N–H and O–H groups in total. The van der Waals surface area contributed by atoms with Crippen molar-refractivity contribution in [3.05, 3.63) is 28.8 Å². The number of ether oxygens (including phenoxy) is 2. The maximum atomic E-state index is 12.3. The van der Waals surface area contributed by atoms with Gasteiger partial charge in [-0.3, -0.25) is 4.79 Å². The van der Waals surface area contributed by atoms with Crippen LogP contribution in [0, 0.1) is 6.92 Å². The second kappa shape index (κ2) is 6.54. The number of rotatable bonds is 5. The second-order valence-corrected chi connectivity index (χ2v) is 3.93. The average molecular weight is 279 g/mol. The summed E-state index contributed by atoms with van der Waals surface area (Å²) in [6, 6.07) is 3.17. The van der Waals surface area contributed by atoms with Gasteiger partial charge in [-0.05, 0) is 24.1 Å². The van der Waals surface area contributed by atoms with Gasteiger partial charge >= 0.3 is 12.6 Å². The van der Waals surface area contributed by atoms with Crippen LogP contribution in [0.1, 0.15) is 16.7 Å². The van der Waals surface area contributed by atoms with Crippen molar-refractivity contribution in [3.63, 3.8) is 0 Å². The van der Waals surface area contributed by atoms with Crippen LogP contribution in [0.5, 0.6) is 5.75 Å². The molecule has 0 atom stereocenters. The van der Waals surface area contributed by atoms with E-state index in [1.54, 1.807) is 13.0 Å². The van der Waals surface area contributed by atoms with Crippen LogP contribution in [0.3, 0.4) is 0 Å². The van der Waals surface area contributed by atoms with Crippen LogP contribution in [-0.4, -0.2) is 19.7 Å². The van der Waals surface area contributed by atoms with Gasteiger partial charge in [0, 0.05) is 11.4 Å². The van der Waals surface area contributed by atoms with E-state index >= 15 is 0 Å². The number of hydrogen-bond acceptors (Lipinski definition) is 3. The summed E-state index contributed by atoms with van der Waals surface area (Å²) < 4.78 is 33.6. The molecule has 0 aliphatic carbocycles. The van der Waals surface area contributed by atoms with Gasteiger partial charge < -0.3 is 9.47 Å². The van der Waals surface area contributed by atoms with E-state index in [9.17, 15) is 13.6 Å². The molecular weight excluding hydrogens is 266 g/mol. The van der Waals surface area contributed by atoms with Gasteiger partial charge in [0.25, 0.3) is 0 Å². The normalized spacial score (nSPS) is 10.6. The van der Waals surface area contributed by atoms with Crippen molar-refractivity contribution in [2.75, 3.05) is 7.11 Å². The predicted octanol–water partition coefficient (Wildman–Crippen LogP) is 3.05. The summed E-state index contributed by atoms with van der Waals surface area (Å²) in [5.41, 5.74) is 1.65. The molecular formula is C12H13ClF2O3. The minimum Gasteiger partial charge on any atom is -0.469 e. The van der Waals surface area contributed by atoms with Gasteiger partial charge in [0.15, 0.2) is 0 Å². The van der Waals surface area contributed by atoms with E-state index in [4.69, 9.17) is 11.6 Å². The lowest BCUT2D eigenvalue weighted by Gasteiger charge is -2.14. The summed E-state index contributed by atoms with van der Waals surface area (Å²) in [7, 11) is 1.23. The molecule has 100 valence electrons. The Balaban J connectivity index is 3.19. The number of methoxy groups -OCH3 is 1. The summed E-state index contributed by atoms with van der Waals surface area (Å²) in [5, 5.41) is 0. The van der Waals surface area contributed by atoms with Crippen molar-refractivity contribution in [2.24, 2.45) is 0 Å².